The highest BCUT2D eigenvalue weighted by Crippen LogP contribution is 2.37. The Hall–Kier alpha value is -1.08. The van der Waals surface area contributed by atoms with E-state index in [1.54, 1.807) is 0 Å². The Morgan fingerprint density at radius 2 is 2.15 bits per heavy atom. The van der Waals surface area contributed by atoms with Gasteiger partial charge in [-0.3, -0.25) is 9.59 Å². The number of amides is 2. The average molecular weight is 305 g/mol. The Bertz CT molecular complexity index is 312. The number of nitrogens with one attached hydrogen (secondary N) is 1. The number of alkyl halides is 1. The predicted molar refractivity (Wildman–Crippen MR) is 80.2 cm³/mol. The summed E-state index contributed by atoms with van der Waals surface area (Å²) in [4.78, 5) is 19.1. The van der Waals surface area contributed by atoms with E-state index >= 15 is 0 Å². The Labute approximate surface area is 124 Å². The molecule has 1 rings (SSSR count). The normalized spacial score (nSPS) is 16.1. The Balaban J connectivity index is 0.00000110. The van der Waals surface area contributed by atoms with Crippen LogP contribution in [0.1, 0.15) is 26.2 Å². The van der Waals surface area contributed by atoms with E-state index in [9.17, 15) is 9.18 Å². The zero-order chi connectivity index (χ0) is 15.4. The molecule has 116 valence electrons. The van der Waals surface area contributed by atoms with E-state index in [0.29, 0.717) is 18.9 Å². The van der Waals surface area contributed by atoms with Crippen molar-refractivity contribution in [2.75, 3.05) is 20.3 Å². The van der Waals surface area contributed by atoms with Crippen LogP contribution in [0, 0.1) is 11.8 Å². The van der Waals surface area contributed by atoms with Gasteiger partial charge in [-0.15, -0.1) is 0 Å². The summed E-state index contributed by atoms with van der Waals surface area (Å²) >= 11 is 1.43. The van der Waals surface area contributed by atoms with Crippen LogP contribution in [0.4, 0.5) is 4.39 Å². The van der Waals surface area contributed by atoms with Crippen molar-refractivity contribution in [3.8, 4) is 0 Å². The van der Waals surface area contributed by atoms with Crippen LogP contribution in [0.15, 0.2) is 11.1 Å². The summed E-state index contributed by atoms with van der Waals surface area (Å²) in [6.07, 6.45) is 4.71. The van der Waals surface area contributed by atoms with Crippen molar-refractivity contribution in [1.29, 1.82) is 0 Å². The zero-order valence-corrected chi connectivity index (χ0v) is 12.9. The van der Waals surface area contributed by atoms with E-state index < -0.39 is 0 Å². The highest BCUT2D eigenvalue weighted by molar-refractivity contribution is 7.99. The Kier molecular flexibility index (Phi) is 11.1. The average Bonchev–Trinajstić information content (AvgIpc) is 3.19. The molecular formula is C13H24FN3O2S. The summed E-state index contributed by atoms with van der Waals surface area (Å²) in [6, 6.07) is 0. The van der Waals surface area contributed by atoms with Crippen LogP contribution in [0.25, 0.3) is 0 Å². The minimum atomic E-state index is -0.356. The van der Waals surface area contributed by atoms with Gasteiger partial charge in [-0.05, 0) is 37.3 Å². The lowest BCUT2D eigenvalue weighted by atomic mass is 10.0. The molecule has 1 unspecified atom stereocenters. The van der Waals surface area contributed by atoms with Gasteiger partial charge in [-0.1, -0.05) is 19.8 Å². The minimum Gasteiger partial charge on any atom is -0.372 e. The molecule has 0 aromatic carbocycles. The van der Waals surface area contributed by atoms with Crippen molar-refractivity contribution in [2.45, 2.75) is 26.2 Å². The van der Waals surface area contributed by atoms with Gasteiger partial charge in [0.1, 0.15) is 6.67 Å². The monoisotopic (exact) mass is 305 g/mol. The molecule has 0 aromatic rings. The van der Waals surface area contributed by atoms with Gasteiger partial charge in [-0.25, -0.2) is 8.70 Å². The second-order valence-corrected chi connectivity index (χ2v) is 5.77. The second-order valence-electron chi connectivity index (χ2n) is 4.70. The number of carbonyl (C=O) groups excluding carboxylic acids is 2. The third-order valence-corrected chi connectivity index (χ3v) is 3.80. The number of halogens is 1. The standard InChI is InChI=1S/C12H21FN2OS.CH3NO/c1-10(7-11-3-4-11)12(14-9-16)8-17-15(2)6-5-13;2-1-3/h8-11H,3-7H2,1-2H3,(H,14,16);1H,(H2,2,3)/b12-8-;. The molecule has 1 aliphatic rings. The maximum Gasteiger partial charge on any atom is 0.211 e. The molecule has 5 nitrogen and oxygen atoms in total. The van der Waals surface area contributed by atoms with Gasteiger partial charge >= 0.3 is 0 Å². The van der Waals surface area contributed by atoms with E-state index in [1.807, 2.05) is 16.8 Å². The Morgan fingerprint density at radius 3 is 2.60 bits per heavy atom. The fraction of sp³-hybridized carbons (Fsp3) is 0.692. The lowest BCUT2D eigenvalue weighted by Gasteiger charge is -2.16. The molecule has 0 aromatic heterocycles. The van der Waals surface area contributed by atoms with Crippen LogP contribution < -0.4 is 11.1 Å². The van der Waals surface area contributed by atoms with Crippen molar-refractivity contribution < 1.29 is 14.0 Å². The van der Waals surface area contributed by atoms with Crippen LogP contribution in [0.5, 0.6) is 0 Å². The van der Waals surface area contributed by atoms with Gasteiger partial charge in [0, 0.05) is 17.6 Å². The molecule has 20 heavy (non-hydrogen) atoms. The summed E-state index contributed by atoms with van der Waals surface area (Å²) in [5.74, 6) is 1.19. The van der Waals surface area contributed by atoms with Gasteiger partial charge in [0.15, 0.2) is 0 Å². The smallest absolute Gasteiger partial charge is 0.211 e. The molecule has 0 heterocycles. The van der Waals surface area contributed by atoms with Gasteiger partial charge < -0.3 is 11.1 Å². The largest absolute Gasteiger partial charge is 0.372 e. The first kappa shape index (κ1) is 18.9. The molecule has 3 N–H and O–H groups in total. The predicted octanol–water partition coefficient (Wildman–Crippen LogP) is 1.66. The topological polar surface area (TPSA) is 75.4 Å². The molecule has 7 heteroatoms. The highest BCUT2D eigenvalue weighted by atomic mass is 32.2. The van der Waals surface area contributed by atoms with E-state index in [0.717, 1.165) is 18.0 Å². The molecule has 1 fully saturated rings. The fourth-order valence-electron chi connectivity index (χ4n) is 1.66. The van der Waals surface area contributed by atoms with E-state index in [2.05, 4.69) is 18.0 Å². The number of allylic oxidation sites excluding steroid dienone is 1. The second kappa shape index (κ2) is 11.7. The molecule has 0 saturated heterocycles. The van der Waals surface area contributed by atoms with Crippen molar-refractivity contribution in [1.82, 2.24) is 9.62 Å². The molecule has 2 amide bonds. The van der Waals surface area contributed by atoms with E-state index in [4.69, 9.17) is 4.79 Å². The minimum absolute atomic E-state index is 0.250. The molecule has 0 bridgehead atoms. The zero-order valence-electron chi connectivity index (χ0n) is 12.0. The SMILES string of the molecule is CC(CC1CC1)/C(=C/SN(C)CCF)NC=O.NC=O. The van der Waals surface area contributed by atoms with Gasteiger partial charge in [-0.2, -0.15) is 0 Å². The van der Waals surface area contributed by atoms with Crippen LogP contribution in [-0.4, -0.2) is 37.4 Å². The summed E-state index contributed by atoms with van der Waals surface area (Å²) in [5.41, 5.74) is 5.10. The highest BCUT2D eigenvalue weighted by Gasteiger charge is 2.25. The molecule has 0 spiro atoms. The van der Waals surface area contributed by atoms with Crippen molar-refractivity contribution in [3.63, 3.8) is 0 Å². The Morgan fingerprint density at radius 1 is 1.55 bits per heavy atom. The van der Waals surface area contributed by atoms with Crippen LogP contribution in [0.2, 0.25) is 0 Å². The van der Waals surface area contributed by atoms with Gasteiger partial charge in [0.25, 0.3) is 0 Å². The quantitative estimate of drug-likeness (QED) is 0.502. The summed E-state index contributed by atoms with van der Waals surface area (Å²) in [6.45, 7) is 2.16. The molecule has 1 aliphatic carbocycles. The molecular weight excluding hydrogens is 281 g/mol. The molecule has 0 aliphatic heterocycles. The summed E-state index contributed by atoms with van der Waals surface area (Å²) in [7, 11) is 1.84. The number of nitrogens with zero attached hydrogens (tertiary/aromatic N) is 1. The lowest BCUT2D eigenvalue weighted by molar-refractivity contribution is -0.109. The first-order valence-electron chi connectivity index (χ1n) is 6.58. The van der Waals surface area contributed by atoms with E-state index in [1.165, 1.54) is 24.8 Å². The van der Waals surface area contributed by atoms with Crippen molar-refractivity contribution in [2.24, 2.45) is 17.6 Å². The van der Waals surface area contributed by atoms with Crippen LogP contribution in [-0.2, 0) is 9.59 Å². The maximum absolute atomic E-state index is 12.1. The first-order valence-corrected chi connectivity index (χ1v) is 7.42. The van der Waals surface area contributed by atoms with Gasteiger partial charge in [0.2, 0.25) is 12.8 Å². The van der Waals surface area contributed by atoms with E-state index in [-0.39, 0.29) is 13.1 Å². The third kappa shape index (κ3) is 9.80. The number of hydrogen-bond donors (Lipinski definition) is 2. The number of primary amides is 1. The first-order chi connectivity index (χ1) is 9.58. The van der Waals surface area contributed by atoms with Gasteiger partial charge in [0.05, 0.1) is 0 Å². The third-order valence-electron chi connectivity index (χ3n) is 2.90. The summed E-state index contributed by atoms with van der Waals surface area (Å²) < 4.78 is 13.9. The molecule has 0 radical (unpaired) electrons. The van der Waals surface area contributed by atoms with Crippen molar-refractivity contribution in [3.05, 3.63) is 11.1 Å². The van der Waals surface area contributed by atoms with Crippen LogP contribution >= 0.6 is 11.9 Å². The fourth-order valence-corrected chi connectivity index (χ4v) is 2.43. The number of carbonyl (C=O) groups is 2. The van der Waals surface area contributed by atoms with Crippen molar-refractivity contribution >= 4 is 24.8 Å². The van der Waals surface area contributed by atoms with Crippen LogP contribution in [0.3, 0.4) is 0 Å². The lowest BCUT2D eigenvalue weighted by Crippen LogP contribution is -2.18. The number of hydrogen-bond acceptors (Lipinski definition) is 4. The number of rotatable bonds is 9. The number of nitrogens with two attached hydrogens (primary N) is 1. The molecule has 1 saturated carbocycles. The summed E-state index contributed by atoms with van der Waals surface area (Å²) in [5, 5.41) is 4.67. The molecule has 1 atom stereocenters. The maximum atomic E-state index is 12.1.